The molecule has 15 heavy (non-hydrogen) atoms. The summed E-state index contributed by atoms with van der Waals surface area (Å²) >= 11 is 0. The van der Waals surface area contributed by atoms with Crippen molar-refractivity contribution in [3.63, 3.8) is 0 Å². The molecule has 1 atom stereocenters. The molecular formula is C11H21NO3. The van der Waals surface area contributed by atoms with Crippen molar-refractivity contribution in [2.75, 3.05) is 6.54 Å². The molecule has 0 aromatic rings. The number of hydrogen-bond acceptors (Lipinski definition) is 3. The molecule has 0 bridgehead atoms. The first-order chi connectivity index (χ1) is 6.88. The highest BCUT2D eigenvalue weighted by Crippen LogP contribution is 2.33. The van der Waals surface area contributed by atoms with E-state index in [-0.39, 0.29) is 6.10 Å². The summed E-state index contributed by atoms with van der Waals surface area (Å²) in [7, 11) is 0. The predicted molar refractivity (Wildman–Crippen MR) is 57.6 cm³/mol. The van der Waals surface area contributed by atoms with E-state index in [1.165, 1.54) is 0 Å². The van der Waals surface area contributed by atoms with Crippen LogP contribution in [0.4, 0.5) is 4.79 Å². The van der Waals surface area contributed by atoms with Crippen molar-refractivity contribution in [2.45, 2.75) is 51.7 Å². The van der Waals surface area contributed by atoms with E-state index in [0.717, 1.165) is 12.8 Å². The number of carbonyl (C=O) groups excluding carboxylic acids is 1. The van der Waals surface area contributed by atoms with Gasteiger partial charge in [0.15, 0.2) is 0 Å². The molecule has 1 fully saturated rings. The van der Waals surface area contributed by atoms with Gasteiger partial charge in [-0.15, -0.1) is 0 Å². The molecule has 0 saturated heterocycles. The zero-order chi connectivity index (χ0) is 11.5. The topological polar surface area (TPSA) is 58.6 Å². The predicted octanol–water partition coefficient (Wildman–Crippen LogP) is 1.67. The van der Waals surface area contributed by atoms with Crippen molar-refractivity contribution in [3.8, 4) is 0 Å². The van der Waals surface area contributed by atoms with Crippen LogP contribution in [0.25, 0.3) is 0 Å². The Labute approximate surface area is 91.0 Å². The van der Waals surface area contributed by atoms with Gasteiger partial charge in [0.05, 0.1) is 6.10 Å². The fraction of sp³-hybridized carbons (Fsp3) is 0.909. The Morgan fingerprint density at radius 3 is 2.60 bits per heavy atom. The summed E-state index contributed by atoms with van der Waals surface area (Å²) in [5.74, 6) is 0.463. The second kappa shape index (κ2) is 4.84. The van der Waals surface area contributed by atoms with Crippen LogP contribution in [0.1, 0.15) is 40.0 Å². The first-order valence-corrected chi connectivity index (χ1v) is 5.53. The summed E-state index contributed by atoms with van der Waals surface area (Å²) in [5, 5.41) is 12.2. The Morgan fingerprint density at radius 2 is 2.13 bits per heavy atom. The van der Waals surface area contributed by atoms with Crippen molar-refractivity contribution >= 4 is 6.09 Å². The van der Waals surface area contributed by atoms with Crippen molar-refractivity contribution in [1.29, 1.82) is 0 Å². The number of aliphatic hydroxyl groups is 1. The SMILES string of the molecule is CC(C)(C)OC(=O)NCCC(O)C1CC1. The molecule has 1 aliphatic carbocycles. The molecule has 1 aliphatic rings. The van der Waals surface area contributed by atoms with E-state index in [1.807, 2.05) is 20.8 Å². The van der Waals surface area contributed by atoms with E-state index in [9.17, 15) is 9.90 Å². The van der Waals surface area contributed by atoms with Crippen LogP contribution in [-0.4, -0.2) is 29.4 Å². The van der Waals surface area contributed by atoms with Gasteiger partial charge in [-0.3, -0.25) is 0 Å². The van der Waals surface area contributed by atoms with Crippen molar-refractivity contribution < 1.29 is 14.6 Å². The van der Waals surface area contributed by atoms with Crippen LogP contribution in [0.3, 0.4) is 0 Å². The molecular weight excluding hydrogens is 194 g/mol. The van der Waals surface area contributed by atoms with E-state index in [2.05, 4.69) is 5.32 Å². The molecule has 0 aliphatic heterocycles. The van der Waals surface area contributed by atoms with Gasteiger partial charge in [0.25, 0.3) is 0 Å². The van der Waals surface area contributed by atoms with Crippen LogP contribution < -0.4 is 5.32 Å². The largest absolute Gasteiger partial charge is 0.444 e. The van der Waals surface area contributed by atoms with Crippen LogP contribution in [0.15, 0.2) is 0 Å². The molecule has 4 heteroatoms. The number of aliphatic hydroxyl groups excluding tert-OH is 1. The fourth-order valence-electron chi connectivity index (χ4n) is 1.35. The zero-order valence-corrected chi connectivity index (χ0v) is 9.75. The van der Waals surface area contributed by atoms with Gasteiger partial charge in [-0.2, -0.15) is 0 Å². The second-order valence-corrected chi connectivity index (χ2v) is 5.12. The van der Waals surface area contributed by atoms with Gasteiger partial charge < -0.3 is 15.2 Å². The number of amides is 1. The highest BCUT2D eigenvalue weighted by Gasteiger charge is 2.29. The van der Waals surface area contributed by atoms with Crippen LogP contribution >= 0.6 is 0 Å². The van der Waals surface area contributed by atoms with Gasteiger partial charge in [0, 0.05) is 6.54 Å². The first kappa shape index (κ1) is 12.3. The Kier molecular flexibility index (Phi) is 3.97. The van der Waals surface area contributed by atoms with E-state index in [1.54, 1.807) is 0 Å². The number of alkyl carbamates (subject to hydrolysis) is 1. The number of nitrogens with one attached hydrogen (secondary N) is 1. The normalized spacial score (nSPS) is 18.4. The minimum Gasteiger partial charge on any atom is -0.444 e. The van der Waals surface area contributed by atoms with Crippen molar-refractivity contribution in [3.05, 3.63) is 0 Å². The molecule has 1 saturated carbocycles. The maximum Gasteiger partial charge on any atom is 0.407 e. The molecule has 0 spiro atoms. The second-order valence-electron chi connectivity index (χ2n) is 5.12. The lowest BCUT2D eigenvalue weighted by molar-refractivity contribution is 0.0515. The number of ether oxygens (including phenoxy) is 1. The molecule has 0 aromatic carbocycles. The lowest BCUT2D eigenvalue weighted by atomic mass is 10.2. The fourth-order valence-corrected chi connectivity index (χ4v) is 1.35. The Hall–Kier alpha value is -0.770. The monoisotopic (exact) mass is 215 g/mol. The highest BCUT2D eigenvalue weighted by atomic mass is 16.6. The van der Waals surface area contributed by atoms with Gasteiger partial charge >= 0.3 is 6.09 Å². The lowest BCUT2D eigenvalue weighted by Crippen LogP contribution is -2.34. The van der Waals surface area contributed by atoms with E-state index in [0.29, 0.717) is 18.9 Å². The molecule has 1 rings (SSSR count). The minimum atomic E-state index is -0.459. The quantitative estimate of drug-likeness (QED) is 0.750. The zero-order valence-electron chi connectivity index (χ0n) is 9.75. The Balaban J connectivity index is 2.06. The summed E-state index contributed by atoms with van der Waals surface area (Å²) < 4.78 is 5.06. The van der Waals surface area contributed by atoms with E-state index in [4.69, 9.17) is 4.74 Å². The standard InChI is InChI=1S/C11H21NO3/c1-11(2,3)15-10(14)12-7-6-9(13)8-4-5-8/h8-9,13H,4-7H2,1-3H3,(H,12,14). The minimum absolute atomic E-state index is 0.264. The van der Waals surface area contributed by atoms with Gasteiger partial charge in [-0.1, -0.05) is 0 Å². The average molecular weight is 215 g/mol. The first-order valence-electron chi connectivity index (χ1n) is 5.53. The maximum atomic E-state index is 11.2. The van der Waals surface area contributed by atoms with E-state index >= 15 is 0 Å². The molecule has 4 nitrogen and oxygen atoms in total. The van der Waals surface area contributed by atoms with Gasteiger partial charge in [-0.25, -0.2) is 4.79 Å². The van der Waals surface area contributed by atoms with Gasteiger partial charge in [-0.05, 0) is 46.0 Å². The summed E-state index contributed by atoms with van der Waals surface area (Å²) in [5.41, 5.74) is -0.459. The third kappa shape index (κ3) is 5.62. The van der Waals surface area contributed by atoms with Crippen molar-refractivity contribution in [1.82, 2.24) is 5.32 Å². The average Bonchev–Trinajstić information content (AvgIpc) is 2.81. The summed E-state index contributed by atoms with van der Waals surface area (Å²) in [4.78, 5) is 11.2. The summed E-state index contributed by atoms with van der Waals surface area (Å²) in [6.07, 6.45) is 2.18. The smallest absolute Gasteiger partial charge is 0.407 e. The number of rotatable bonds is 4. The summed E-state index contributed by atoms with van der Waals surface area (Å²) in [6.45, 7) is 5.95. The molecule has 2 N–H and O–H groups in total. The maximum absolute atomic E-state index is 11.2. The van der Waals surface area contributed by atoms with Crippen LogP contribution in [0.5, 0.6) is 0 Å². The van der Waals surface area contributed by atoms with Crippen LogP contribution in [-0.2, 0) is 4.74 Å². The van der Waals surface area contributed by atoms with Gasteiger partial charge in [0.2, 0.25) is 0 Å². The third-order valence-corrected chi connectivity index (χ3v) is 2.27. The van der Waals surface area contributed by atoms with Crippen molar-refractivity contribution in [2.24, 2.45) is 5.92 Å². The Bertz CT molecular complexity index is 218. The molecule has 0 heterocycles. The molecule has 0 radical (unpaired) electrons. The molecule has 0 aromatic heterocycles. The summed E-state index contributed by atoms with van der Waals surface area (Å²) in [6, 6.07) is 0. The molecule has 88 valence electrons. The van der Waals surface area contributed by atoms with E-state index < -0.39 is 11.7 Å². The van der Waals surface area contributed by atoms with Crippen LogP contribution in [0, 0.1) is 5.92 Å². The molecule has 1 amide bonds. The Morgan fingerprint density at radius 1 is 1.53 bits per heavy atom. The number of hydrogen-bond donors (Lipinski definition) is 2. The third-order valence-electron chi connectivity index (χ3n) is 2.27. The number of carbonyl (C=O) groups is 1. The lowest BCUT2D eigenvalue weighted by Gasteiger charge is -2.20. The highest BCUT2D eigenvalue weighted by molar-refractivity contribution is 5.67. The van der Waals surface area contributed by atoms with Crippen LogP contribution in [0.2, 0.25) is 0 Å². The molecule has 1 unspecified atom stereocenters. The van der Waals surface area contributed by atoms with Gasteiger partial charge in [0.1, 0.15) is 5.60 Å².